The summed E-state index contributed by atoms with van der Waals surface area (Å²) >= 11 is 6.12. The fourth-order valence-electron chi connectivity index (χ4n) is 3.25. The Labute approximate surface area is 167 Å². The number of H-pyrrole nitrogens is 1. The monoisotopic (exact) mass is 404 g/mol. The van der Waals surface area contributed by atoms with Crippen LogP contribution < -0.4 is 0 Å². The highest BCUT2D eigenvalue weighted by atomic mass is 35.5. The van der Waals surface area contributed by atoms with Crippen molar-refractivity contribution in [1.29, 1.82) is 0 Å². The molecule has 1 fully saturated rings. The fraction of sp³-hybridized carbons (Fsp3) is 0.368. The number of aromatic amines is 1. The average Bonchev–Trinajstić information content (AvgIpc) is 3.35. The number of nitro groups is 1. The van der Waals surface area contributed by atoms with Gasteiger partial charge in [0.2, 0.25) is 0 Å². The summed E-state index contributed by atoms with van der Waals surface area (Å²) in [6.07, 6.45) is 3.55. The van der Waals surface area contributed by atoms with Crippen LogP contribution in [0, 0.1) is 10.1 Å². The lowest BCUT2D eigenvalue weighted by Crippen LogP contribution is -2.28. The van der Waals surface area contributed by atoms with Gasteiger partial charge in [-0.25, -0.2) is 0 Å². The number of likely N-dealkylation sites (N-methyl/N-ethyl adjacent to an activating group) is 1. The second-order valence-corrected chi connectivity index (χ2v) is 7.34. The summed E-state index contributed by atoms with van der Waals surface area (Å²) in [6.45, 7) is 1.87. The number of non-ortho nitro benzene ring substituents is 1. The van der Waals surface area contributed by atoms with Gasteiger partial charge in [0.1, 0.15) is 5.69 Å². The van der Waals surface area contributed by atoms with E-state index in [9.17, 15) is 19.7 Å². The number of hydrogen-bond acceptors (Lipinski definition) is 5. The molecule has 28 heavy (non-hydrogen) atoms. The van der Waals surface area contributed by atoms with E-state index in [0.29, 0.717) is 21.8 Å². The number of halogens is 1. The first kappa shape index (κ1) is 20.0. The number of carbonyl (C=O) groups excluding carboxylic acids is 2. The van der Waals surface area contributed by atoms with Gasteiger partial charge >= 0.3 is 0 Å². The van der Waals surface area contributed by atoms with Gasteiger partial charge in [-0.3, -0.25) is 24.6 Å². The molecule has 3 rings (SSSR count). The largest absolute Gasteiger partial charge is 0.356 e. The van der Waals surface area contributed by atoms with E-state index in [1.807, 2.05) is 0 Å². The van der Waals surface area contributed by atoms with Gasteiger partial charge in [-0.1, -0.05) is 11.6 Å². The van der Waals surface area contributed by atoms with Crippen LogP contribution in [0.1, 0.15) is 39.3 Å². The Morgan fingerprint density at radius 1 is 1.29 bits per heavy atom. The Kier molecular flexibility index (Phi) is 6.11. The minimum atomic E-state index is -0.482. The summed E-state index contributed by atoms with van der Waals surface area (Å²) < 4.78 is 0. The maximum atomic E-state index is 12.5. The number of carbonyl (C=O) groups is 2. The van der Waals surface area contributed by atoms with Crippen molar-refractivity contribution in [3.8, 4) is 0 Å². The zero-order valence-electron chi connectivity index (χ0n) is 15.5. The minimum Gasteiger partial charge on any atom is -0.356 e. The number of benzene rings is 1. The van der Waals surface area contributed by atoms with Crippen LogP contribution in [0.15, 0.2) is 30.5 Å². The molecule has 2 heterocycles. The summed E-state index contributed by atoms with van der Waals surface area (Å²) in [7, 11) is 1.73. The first-order valence-electron chi connectivity index (χ1n) is 8.97. The van der Waals surface area contributed by atoms with E-state index in [4.69, 9.17) is 11.6 Å². The maximum Gasteiger partial charge on any atom is 0.270 e. The molecule has 0 saturated carbocycles. The van der Waals surface area contributed by atoms with Crippen LogP contribution in [0.2, 0.25) is 5.02 Å². The molecule has 1 aliphatic heterocycles. The van der Waals surface area contributed by atoms with Gasteiger partial charge in [-0.15, -0.1) is 0 Å². The molecule has 9 heteroatoms. The molecule has 2 aromatic rings. The summed E-state index contributed by atoms with van der Waals surface area (Å²) in [5, 5.41) is 11.3. The van der Waals surface area contributed by atoms with Crippen LogP contribution in [0.25, 0.3) is 0 Å². The van der Waals surface area contributed by atoms with Crippen molar-refractivity contribution < 1.29 is 14.5 Å². The third-order valence-corrected chi connectivity index (χ3v) is 5.09. The topological polar surface area (TPSA) is 99.6 Å². The van der Waals surface area contributed by atoms with Crippen molar-refractivity contribution >= 4 is 29.0 Å². The number of nitrogens with zero attached hydrogens (tertiary/aromatic N) is 3. The summed E-state index contributed by atoms with van der Waals surface area (Å²) in [5.41, 5.74) is 1.37. The molecule has 0 atom stereocenters. The van der Waals surface area contributed by atoms with Gasteiger partial charge in [0, 0.05) is 48.5 Å². The second kappa shape index (κ2) is 8.53. The molecule has 0 unspecified atom stereocenters. The van der Waals surface area contributed by atoms with Crippen LogP contribution in [-0.2, 0) is 6.54 Å². The normalized spacial score (nSPS) is 13.9. The Morgan fingerprint density at radius 2 is 2.00 bits per heavy atom. The van der Waals surface area contributed by atoms with Crippen molar-refractivity contribution in [3.05, 3.63) is 62.4 Å². The van der Waals surface area contributed by atoms with Gasteiger partial charge in [0.15, 0.2) is 5.78 Å². The van der Waals surface area contributed by atoms with Gasteiger partial charge in [-0.2, -0.15) is 0 Å². The predicted molar refractivity (Wildman–Crippen MR) is 105 cm³/mol. The Morgan fingerprint density at radius 3 is 2.68 bits per heavy atom. The highest BCUT2D eigenvalue weighted by Crippen LogP contribution is 2.23. The van der Waals surface area contributed by atoms with Gasteiger partial charge < -0.3 is 9.88 Å². The van der Waals surface area contributed by atoms with E-state index in [1.54, 1.807) is 29.1 Å². The molecular formula is C19H21ClN4O4. The summed E-state index contributed by atoms with van der Waals surface area (Å²) in [6, 6.07) is 5.81. The van der Waals surface area contributed by atoms with E-state index in [1.165, 1.54) is 18.2 Å². The second-order valence-electron chi connectivity index (χ2n) is 6.93. The molecule has 0 radical (unpaired) electrons. The van der Waals surface area contributed by atoms with E-state index in [2.05, 4.69) is 4.98 Å². The number of amides is 1. The van der Waals surface area contributed by atoms with Gasteiger partial charge in [0.25, 0.3) is 11.6 Å². The lowest BCUT2D eigenvalue weighted by molar-refractivity contribution is -0.384. The lowest BCUT2D eigenvalue weighted by atomic mass is 10.1. The minimum absolute atomic E-state index is 0.0465. The molecule has 148 valence electrons. The number of nitro benzene ring substituents is 1. The predicted octanol–water partition coefficient (Wildman–Crippen LogP) is 3.13. The van der Waals surface area contributed by atoms with Crippen LogP contribution >= 0.6 is 11.6 Å². The van der Waals surface area contributed by atoms with Gasteiger partial charge in [-0.05, 0) is 37.6 Å². The van der Waals surface area contributed by atoms with Crippen molar-refractivity contribution in [1.82, 2.24) is 14.8 Å². The number of Topliss-reactive ketones (excluding diaryl/α,β-unsaturated/α-hetero) is 1. The molecule has 0 spiro atoms. The molecule has 0 bridgehead atoms. The summed E-state index contributed by atoms with van der Waals surface area (Å²) in [5.74, 6) is -0.242. The zero-order chi connectivity index (χ0) is 20.3. The Bertz CT molecular complexity index is 905. The number of aromatic nitrogens is 1. The molecule has 1 aromatic heterocycles. The van der Waals surface area contributed by atoms with E-state index in [0.717, 1.165) is 25.9 Å². The molecule has 8 nitrogen and oxygen atoms in total. The average molecular weight is 405 g/mol. The first-order chi connectivity index (χ1) is 13.3. The van der Waals surface area contributed by atoms with Crippen molar-refractivity contribution in [2.24, 2.45) is 0 Å². The number of nitrogens with one attached hydrogen (secondary N) is 1. The molecule has 1 amide bonds. The SMILES string of the molecule is CN(CC(=O)c1c[nH]c(C(=O)N2CCCC2)c1)Cc1cc([N+](=O)[O-])ccc1Cl. The number of ketones is 1. The molecule has 1 N–H and O–H groups in total. The van der Waals surface area contributed by atoms with E-state index >= 15 is 0 Å². The van der Waals surface area contributed by atoms with Crippen molar-refractivity contribution in [3.63, 3.8) is 0 Å². The smallest absolute Gasteiger partial charge is 0.270 e. The first-order valence-corrected chi connectivity index (χ1v) is 9.35. The summed E-state index contributed by atoms with van der Waals surface area (Å²) in [4.78, 5) is 41.7. The molecule has 1 saturated heterocycles. The molecule has 0 aliphatic carbocycles. The van der Waals surface area contributed by atoms with Crippen LogP contribution in [0.4, 0.5) is 5.69 Å². The quantitative estimate of drug-likeness (QED) is 0.434. The fourth-order valence-corrected chi connectivity index (χ4v) is 3.43. The molecule has 1 aliphatic rings. The van der Waals surface area contributed by atoms with Crippen molar-refractivity contribution in [2.75, 3.05) is 26.7 Å². The highest BCUT2D eigenvalue weighted by molar-refractivity contribution is 6.31. The Hall–Kier alpha value is -2.71. The van der Waals surface area contributed by atoms with Gasteiger partial charge in [0.05, 0.1) is 11.5 Å². The number of likely N-dealkylation sites (tertiary alicyclic amines) is 1. The Balaban J connectivity index is 1.62. The molecule has 1 aromatic carbocycles. The zero-order valence-corrected chi connectivity index (χ0v) is 16.2. The van der Waals surface area contributed by atoms with E-state index < -0.39 is 4.92 Å². The van der Waals surface area contributed by atoms with Crippen molar-refractivity contribution in [2.45, 2.75) is 19.4 Å². The lowest BCUT2D eigenvalue weighted by Gasteiger charge is -2.16. The van der Waals surface area contributed by atoms with Crippen LogP contribution in [0.3, 0.4) is 0 Å². The standard InChI is InChI=1S/C19H21ClN4O4/c1-22(11-14-8-15(24(27)28)4-5-16(14)20)12-18(25)13-9-17(21-10-13)19(26)23-6-2-3-7-23/h4-5,8-10,21H,2-3,6-7,11-12H2,1H3. The number of rotatable bonds is 7. The van der Waals surface area contributed by atoms with Crippen LogP contribution in [0.5, 0.6) is 0 Å². The third kappa shape index (κ3) is 4.58. The third-order valence-electron chi connectivity index (χ3n) is 4.72. The van der Waals surface area contributed by atoms with Crippen LogP contribution in [-0.4, -0.2) is 58.1 Å². The molecular weight excluding hydrogens is 384 g/mol. The highest BCUT2D eigenvalue weighted by Gasteiger charge is 2.22. The number of hydrogen-bond donors (Lipinski definition) is 1. The maximum absolute atomic E-state index is 12.5. The van der Waals surface area contributed by atoms with E-state index in [-0.39, 0.29) is 30.5 Å².